The van der Waals surface area contributed by atoms with Crippen LogP contribution in [-0.2, 0) is 22.4 Å². The second kappa shape index (κ2) is 8.15. The lowest BCUT2D eigenvalue weighted by Crippen LogP contribution is -2.00. The molecule has 0 spiro atoms. The molecule has 0 aliphatic carbocycles. The van der Waals surface area contributed by atoms with Gasteiger partial charge in [0.2, 0.25) is 0 Å². The van der Waals surface area contributed by atoms with Crippen molar-refractivity contribution in [1.82, 2.24) is 0 Å². The molecular weight excluding hydrogens is 215 g/mol. The molecule has 0 unspecified atom stereocenters. The monoisotopic (exact) mass is 234 g/mol. The van der Waals surface area contributed by atoms with Crippen molar-refractivity contribution in [2.75, 3.05) is 27.4 Å². The molecule has 0 aliphatic rings. The molecule has 0 saturated carbocycles. The highest BCUT2D eigenvalue weighted by molar-refractivity contribution is 6.08. The lowest BCUT2D eigenvalue weighted by atomic mass is 9.95. The van der Waals surface area contributed by atoms with Gasteiger partial charge in [-0.15, -0.1) is 0 Å². The fraction of sp³-hybridized carbons (Fsp3) is 0.538. The minimum absolute atomic E-state index is 0.508. The number of methoxy groups -OCH3 is 2. The lowest BCUT2D eigenvalue weighted by molar-refractivity contribution is 0.0927. The Hall–Kier alpha value is -0.995. The van der Waals surface area contributed by atoms with Crippen molar-refractivity contribution < 1.29 is 14.2 Å². The summed E-state index contributed by atoms with van der Waals surface area (Å²) in [6.07, 6.45) is 1.41. The van der Waals surface area contributed by atoms with Crippen molar-refractivity contribution in [3.63, 3.8) is 0 Å². The van der Waals surface area contributed by atoms with Gasteiger partial charge >= 0.3 is 0 Å². The average molecular weight is 234 g/mol. The predicted molar refractivity (Wildman–Crippen MR) is 68.6 cm³/mol. The average Bonchev–Trinajstić information content (AvgIpc) is 2.38. The van der Waals surface area contributed by atoms with E-state index in [2.05, 4.69) is 0 Å². The molecule has 1 rings (SSSR count). The Morgan fingerprint density at radius 1 is 1.06 bits per heavy atom. The Morgan fingerprint density at radius 2 is 1.82 bits per heavy atom. The summed E-state index contributed by atoms with van der Waals surface area (Å²) in [6.45, 7) is 2.00. The molecule has 1 aromatic carbocycles. The van der Waals surface area contributed by atoms with E-state index in [0.29, 0.717) is 19.5 Å². The fourth-order valence-corrected chi connectivity index (χ4v) is 1.54. The van der Waals surface area contributed by atoms with Crippen molar-refractivity contribution in [1.29, 1.82) is 0 Å². The summed E-state index contributed by atoms with van der Waals surface area (Å²) >= 11 is 0. The van der Waals surface area contributed by atoms with E-state index >= 15 is 0 Å². The lowest BCUT2D eigenvalue weighted by Gasteiger charge is -2.09. The summed E-state index contributed by atoms with van der Waals surface area (Å²) in [5.41, 5.74) is 2.14. The smallest absolute Gasteiger partial charge is 0.119 e. The van der Waals surface area contributed by atoms with Gasteiger partial charge in [0, 0.05) is 20.3 Å². The largest absolute Gasteiger partial charge is 0.497 e. The molecule has 2 radical (unpaired) electrons. The molecule has 0 aliphatic heterocycles. The Kier molecular flexibility index (Phi) is 6.74. The van der Waals surface area contributed by atoms with Crippen LogP contribution in [0, 0.1) is 0 Å². The highest BCUT2D eigenvalue weighted by Crippen LogP contribution is 2.17. The van der Waals surface area contributed by atoms with Gasteiger partial charge in [-0.25, -0.2) is 0 Å². The van der Waals surface area contributed by atoms with E-state index in [9.17, 15) is 0 Å². The molecule has 0 atom stereocenters. The van der Waals surface area contributed by atoms with E-state index in [1.807, 2.05) is 18.2 Å². The quantitative estimate of drug-likeness (QED) is 0.508. The van der Waals surface area contributed by atoms with Gasteiger partial charge in [-0.1, -0.05) is 17.9 Å². The first kappa shape index (κ1) is 14.1. The number of ether oxygens (including phenoxy) is 3. The molecule has 92 valence electrons. The van der Waals surface area contributed by atoms with E-state index < -0.39 is 0 Å². The van der Waals surface area contributed by atoms with Gasteiger partial charge in [0.15, 0.2) is 0 Å². The standard InChI is InChI=1S/C13H19BO3/c1-15-4-3-5-17-10-12-6-11(9-14)7-13(8-12)16-2/h6-8H,3-5,9-10H2,1-2H3. The summed E-state index contributed by atoms with van der Waals surface area (Å²) in [7, 11) is 8.97. The van der Waals surface area contributed by atoms with Crippen LogP contribution in [0.2, 0.25) is 0 Å². The Balaban J connectivity index is 2.46. The minimum Gasteiger partial charge on any atom is -0.497 e. The van der Waals surface area contributed by atoms with Crippen LogP contribution in [0.25, 0.3) is 0 Å². The Bertz CT molecular complexity index is 306. The van der Waals surface area contributed by atoms with Crippen molar-refractivity contribution in [3.05, 3.63) is 29.3 Å². The summed E-state index contributed by atoms with van der Waals surface area (Å²) in [4.78, 5) is 0. The Labute approximate surface area is 104 Å². The van der Waals surface area contributed by atoms with Crippen molar-refractivity contribution in [3.8, 4) is 5.75 Å². The maximum atomic E-state index is 5.62. The highest BCUT2D eigenvalue weighted by atomic mass is 16.5. The van der Waals surface area contributed by atoms with Crippen LogP contribution in [-0.4, -0.2) is 35.3 Å². The van der Waals surface area contributed by atoms with Crippen LogP contribution in [0.4, 0.5) is 0 Å². The van der Waals surface area contributed by atoms with Gasteiger partial charge in [0.05, 0.1) is 21.6 Å². The van der Waals surface area contributed by atoms with Gasteiger partial charge in [-0.2, -0.15) is 0 Å². The maximum Gasteiger partial charge on any atom is 0.119 e. The zero-order valence-electron chi connectivity index (χ0n) is 10.6. The zero-order valence-corrected chi connectivity index (χ0v) is 10.6. The van der Waals surface area contributed by atoms with E-state index in [0.717, 1.165) is 29.9 Å². The molecule has 0 fully saturated rings. The van der Waals surface area contributed by atoms with Crippen LogP contribution in [0.1, 0.15) is 17.5 Å². The third-order valence-electron chi connectivity index (χ3n) is 2.40. The summed E-state index contributed by atoms with van der Waals surface area (Å²) in [5.74, 6) is 0.823. The topological polar surface area (TPSA) is 27.7 Å². The van der Waals surface area contributed by atoms with E-state index in [-0.39, 0.29) is 0 Å². The molecule has 3 nitrogen and oxygen atoms in total. The van der Waals surface area contributed by atoms with Gasteiger partial charge in [-0.05, 0) is 24.1 Å². The molecule has 1 aromatic rings. The van der Waals surface area contributed by atoms with Crippen LogP contribution < -0.4 is 4.74 Å². The first-order chi connectivity index (χ1) is 8.30. The highest BCUT2D eigenvalue weighted by Gasteiger charge is 2.00. The maximum absolute atomic E-state index is 5.62. The molecule has 0 amide bonds. The second-order valence-corrected chi connectivity index (χ2v) is 3.79. The number of hydrogen-bond donors (Lipinski definition) is 0. The molecule has 0 bridgehead atoms. The number of benzene rings is 1. The van der Waals surface area contributed by atoms with Gasteiger partial charge in [0.1, 0.15) is 5.75 Å². The van der Waals surface area contributed by atoms with Crippen molar-refractivity contribution in [2.45, 2.75) is 19.3 Å². The van der Waals surface area contributed by atoms with Crippen LogP contribution in [0.3, 0.4) is 0 Å². The number of rotatable bonds is 8. The number of hydrogen-bond acceptors (Lipinski definition) is 3. The van der Waals surface area contributed by atoms with Crippen molar-refractivity contribution in [2.24, 2.45) is 0 Å². The van der Waals surface area contributed by atoms with Crippen LogP contribution >= 0.6 is 0 Å². The molecular formula is C13H19BO3. The molecule has 0 heterocycles. The minimum atomic E-state index is 0.508. The van der Waals surface area contributed by atoms with Crippen LogP contribution in [0.15, 0.2) is 18.2 Å². The fourth-order valence-electron chi connectivity index (χ4n) is 1.54. The van der Waals surface area contributed by atoms with Gasteiger partial charge < -0.3 is 14.2 Å². The third kappa shape index (κ3) is 5.24. The van der Waals surface area contributed by atoms with E-state index in [4.69, 9.17) is 22.1 Å². The van der Waals surface area contributed by atoms with Crippen molar-refractivity contribution >= 4 is 7.85 Å². The first-order valence-corrected chi connectivity index (χ1v) is 5.73. The van der Waals surface area contributed by atoms with Gasteiger partial charge in [0.25, 0.3) is 0 Å². The second-order valence-electron chi connectivity index (χ2n) is 3.79. The zero-order chi connectivity index (χ0) is 12.5. The van der Waals surface area contributed by atoms with E-state index in [1.165, 1.54) is 0 Å². The molecule has 0 N–H and O–H groups in total. The van der Waals surface area contributed by atoms with E-state index in [1.54, 1.807) is 14.2 Å². The summed E-state index contributed by atoms with van der Waals surface area (Å²) < 4.78 is 15.7. The van der Waals surface area contributed by atoms with Gasteiger partial charge in [-0.3, -0.25) is 0 Å². The summed E-state index contributed by atoms with van der Waals surface area (Å²) in [6, 6.07) is 5.95. The molecule has 17 heavy (non-hydrogen) atoms. The SMILES string of the molecule is [B]Cc1cc(COCCCOC)cc(OC)c1. The van der Waals surface area contributed by atoms with Crippen LogP contribution in [0.5, 0.6) is 5.75 Å². The predicted octanol–water partition coefficient (Wildman–Crippen LogP) is 1.92. The Morgan fingerprint density at radius 3 is 2.47 bits per heavy atom. The molecule has 4 heteroatoms. The molecule has 0 aromatic heterocycles. The summed E-state index contributed by atoms with van der Waals surface area (Å²) in [5, 5.41) is 0. The first-order valence-electron chi connectivity index (χ1n) is 5.73. The normalized spacial score (nSPS) is 10.5. The molecule has 0 saturated heterocycles. The third-order valence-corrected chi connectivity index (χ3v) is 2.40.